The zero-order valence-corrected chi connectivity index (χ0v) is 14.7. The number of nitrogens with zero attached hydrogens (tertiary/aromatic N) is 2. The van der Waals surface area contributed by atoms with Crippen molar-refractivity contribution < 1.29 is 13.9 Å². The number of hydrogen-bond donors (Lipinski definition) is 1. The molecule has 0 unspecified atom stereocenters. The Balaban J connectivity index is 1.66. The number of para-hydroxylation sites is 1. The summed E-state index contributed by atoms with van der Waals surface area (Å²) in [6, 6.07) is 21.8. The highest BCUT2D eigenvalue weighted by atomic mass is 16.5. The number of esters is 1. The van der Waals surface area contributed by atoms with Gasteiger partial charge in [0.15, 0.2) is 5.76 Å². The van der Waals surface area contributed by atoms with E-state index in [0.29, 0.717) is 18.1 Å². The van der Waals surface area contributed by atoms with Crippen molar-refractivity contribution in [1.29, 1.82) is 0 Å². The molecule has 4 aromatic rings. The number of benzene rings is 2. The maximum absolute atomic E-state index is 11.2. The fourth-order valence-corrected chi connectivity index (χ4v) is 2.98. The quantitative estimate of drug-likeness (QED) is 0.533. The van der Waals surface area contributed by atoms with Crippen LogP contribution in [0.1, 0.15) is 11.3 Å². The van der Waals surface area contributed by atoms with Crippen LogP contribution in [0.5, 0.6) is 0 Å². The minimum Gasteiger partial charge on any atom is -0.457 e. The Kier molecular flexibility index (Phi) is 4.72. The first kappa shape index (κ1) is 17.1. The third-order valence-corrected chi connectivity index (χ3v) is 4.27. The molecule has 2 N–H and O–H groups in total. The number of carbonyl (C=O) groups is 1. The van der Waals surface area contributed by atoms with Gasteiger partial charge in [0, 0.05) is 5.39 Å². The molecule has 2 heterocycles. The van der Waals surface area contributed by atoms with E-state index in [1.807, 2.05) is 53.2 Å². The zero-order valence-electron chi connectivity index (χ0n) is 14.7. The number of fused-ring (bicyclic) bond motifs is 1. The molecule has 136 valence electrons. The zero-order chi connectivity index (χ0) is 18.6. The van der Waals surface area contributed by atoms with Crippen molar-refractivity contribution in [2.75, 3.05) is 6.54 Å². The maximum atomic E-state index is 11.2. The first-order valence-electron chi connectivity index (χ1n) is 8.69. The van der Waals surface area contributed by atoms with E-state index in [9.17, 15) is 4.79 Å². The Hall–Kier alpha value is -3.38. The Bertz CT molecular complexity index is 1070. The Morgan fingerprint density at radius 3 is 2.63 bits per heavy atom. The van der Waals surface area contributed by atoms with Gasteiger partial charge in [0.1, 0.15) is 18.1 Å². The van der Waals surface area contributed by atoms with Crippen molar-refractivity contribution in [2.45, 2.75) is 13.2 Å². The molecule has 0 aliphatic heterocycles. The molecule has 6 nitrogen and oxygen atoms in total. The summed E-state index contributed by atoms with van der Waals surface area (Å²) in [5.41, 5.74) is 8.21. The van der Waals surface area contributed by atoms with E-state index < -0.39 is 5.97 Å². The molecule has 0 fully saturated rings. The maximum Gasteiger partial charge on any atom is 0.320 e. The van der Waals surface area contributed by atoms with Gasteiger partial charge >= 0.3 is 5.97 Å². The standard InChI is InChI=1S/C21H19N3O3/c22-12-20(25)26-14-16-10-11-19(27-16)21-17-8-4-5-9-18(17)24(23-21)13-15-6-2-1-3-7-15/h1-11H,12-14,22H2. The highest BCUT2D eigenvalue weighted by Crippen LogP contribution is 2.30. The summed E-state index contributed by atoms with van der Waals surface area (Å²) in [5.74, 6) is 0.718. The highest BCUT2D eigenvalue weighted by molar-refractivity contribution is 5.92. The summed E-state index contributed by atoms with van der Waals surface area (Å²) in [4.78, 5) is 11.2. The largest absolute Gasteiger partial charge is 0.457 e. The molecule has 27 heavy (non-hydrogen) atoms. The third-order valence-electron chi connectivity index (χ3n) is 4.27. The summed E-state index contributed by atoms with van der Waals surface area (Å²) >= 11 is 0. The monoisotopic (exact) mass is 361 g/mol. The van der Waals surface area contributed by atoms with Crippen LogP contribution in [-0.2, 0) is 22.7 Å². The number of aromatic nitrogens is 2. The lowest BCUT2D eigenvalue weighted by molar-refractivity contribution is -0.143. The molecule has 0 aliphatic carbocycles. The number of rotatable bonds is 6. The van der Waals surface area contributed by atoms with E-state index in [1.165, 1.54) is 5.56 Å². The van der Waals surface area contributed by atoms with Crippen molar-refractivity contribution in [2.24, 2.45) is 5.73 Å². The predicted octanol–water partition coefficient (Wildman–Crippen LogP) is 3.35. The lowest BCUT2D eigenvalue weighted by Crippen LogP contribution is -2.16. The van der Waals surface area contributed by atoms with Gasteiger partial charge in [-0.1, -0.05) is 48.5 Å². The Morgan fingerprint density at radius 2 is 1.81 bits per heavy atom. The van der Waals surface area contributed by atoms with Crippen molar-refractivity contribution in [1.82, 2.24) is 9.78 Å². The molecule has 0 spiro atoms. The van der Waals surface area contributed by atoms with Gasteiger partial charge < -0.3 is 14.9 Å². The molecule has 0 atom stereocenters. The van der Waals surface area contributed by atoms with Gasteiger partial charge in [-0.15, -0.1) is 0 Å². The fourth-order valence-electron chi connectivity index (χ4n) is 2.98. The van der Waals surface area contributed by atoms with Gasteiger partial charge in [0.05, 0.1) is 18.6 Å². The molecule has 0 bridgehead atoms. The number of ether oxygens (including phenoxy) is 1. The van der Waals surface area contributed by atoms with Crippen LogP contribution in [0.15, 0.2) is 71.1 Å². The summed E-state index contributed by atoms with van der Waals surface area (Å²) in [7, 11) is 0. The van der Waals surface area contributed by atoms with Gasteiger partial charge in [-0.25, -0.2) is 0 Å². The smallest absolute Gasteiger partial charge is 0.320 e. The molecule has 0 aliphatic rings. The second-order valence-electron chi connectivity index (χ2n) is 6.14. The van der Waals surface area contributed by atoms with Crippen LogP contribution in [0.3, 0.4) is 0 Å². The van der Waals surface area contributed by atoms with Gasteiger partial charge in [-0.05, 0) is 23.8 Å². The molecular weight excluding hydrogens is 342 g/mol. The topological polar surface area (TPSA) is 83.3 Å². The fraction of sp³-hybridized carbons (Fsp3) is 0.143. The SMILES string of the molecule is NCC(=O)OCc1ccc(-c2nn(Cc3ccccc3)c3ccccc23)o1. The number of carbonyl (C=O) groups excluding carboxylic acids is 1. The minimum absolute atomic E-state index is 0.0543. The van der Waals surface area contributed by atoms with Crippen molar-refractivity contribution >= 4 is 16.9 Å². The van der Waals surface area contributed by atoms with Gasteiger partial charge in [-0.2, -0.15) is 5.10 Å². The average Bonchev–Trinajstić information content (AvgIpc) is 3.32. The summed E-state index contributed by atoms with van der Waals surface area (Å²) < 4.78 is 12.8. The second-order valence-corrected chi connectivity index (χ2v) is 6.14. The highest BCUT2D eigenvalue weighted by Gasteiger charge is 2.16. The van der Waals surface area contributed by atoms with Crippen molar-refractivity contribution in [3.8, 4) is 11.5 Å². The Morgan fingerprint density at radius 1 is 1.04 bits per heavy atom. The van der Waals surface area contributed by atoms with Crippen LogP contribution in [-0.4, -0.2) is 22.3 Å². The normalized spacial score (nSPS) is 11.0. The summed E-state index contributed by atoms with van der Waals surface area (Å²) in [6.45, 7) is 0.573. The molecule has 2 aromatic heterocycles. The molecule has 0 radical (unpaired) electrons. The van der Waals surface area contributed by atoms with Crippen LogP contribution < -0.4 is 5.73 Å². The lowest BCUT2D eigenvalue weighted by atomic mass is 10.2. The summed E-state index contributed by atoms with van der Waals surface area (Å²) in [5, 5.41) is 5.78. The van der Waals surface area contributed by atoms with Gasteiger partial charge in [0.25, 0.3) is 0 Å². The van der Waals surface area contributed by atoms with Crippen molar-refractivity contribution in [3.63, 3.8) is 0 Å². The summed E-state index contributed by atoms with van der Waals surface area (Å²) in [6.07, 6.45) is 0. The van der Waals surface area contributed by atoms with E-state index in [4.69, 9.17) is 20.0 Å². The third kappa shape index (κ3) is 3.61. The predicted molar refractivity (Wildman–Crippen MR) is 102 cm³/mol. The molecule has 2 aromatic carbocycles. The molecule has 4 rings (SSSR count). The van der Waals surface area contributed by atoms with E-state index in [1.54, 1.807) is 6.07 Å². The first-order chi connectivity index (χ1) is 13.2. The Labute approximate surface area is 156 Å². The number of hydrogen-bond acceptors (Lipinski definition) is 5. The second kappa shape index (κ2) is 7.47. The van der Waals surface area contributed by atoms with Crippen LogP contribution in [0.4, 0.5) is 0 Å². The minimum atomic E-state index is -0.467. The van der Waals surface area contributed by atoms with Crippen LogP contribution in [0, 0.1) is 0 Å². The molecular formula is C21H19N3O3. The molecule has 0 saturated carbocycles. The average molecular weight is 361 g/mol. The molecule has 0 amide bonds. The first-order valence-corrected chi connectivity index (χ1v) is 8.69. The van der Waals surface area contributed by atoms with Gasteiger partial charge in [0.2, 0.25) is 0 Å². The van der Waals surface area contributed by atoms with Crippen molar-refractivity contribution in [3.05, 3.63) is 78.1 Å². The van der Waals surface area contributed by atoms with E-state index in [-0.39, 0.29) is 13.2 Å². The number of nitrogens with two attached hydrogens (primary N) is 1. The van der Waals surface area contributed by atoms with Crippen LogP contribution in [0.2, 0.25) is 0 Å². The number of furan rings is 1. The van der Waals surface area contributed by atoms with Crippen LogP contribution in [0.25, 0.3) is 22.4 Å². The van der Waals surface area contributed by atoms with E-state index >= 15 is 0 Å². The van der Waals surface area contributed by atoms with E-state index in [2.05, 4.69) is 12.1 Å². The molecule has 6 heteroatoms. The van der Waals surface area contributed by atoms with E-state index in [0.717, 1.165) is 16.6 Å². The van der Waals surface area contributed by atoms with Crippen LogP contribution >= 0.6 is 0 Å². The lowest BCUT2D eigenvalue weighted by Gasteiger charge is -2.03. The molecule has 0 saturated heterocycles. The van der Waals surface area contributed by atoms with Gasteiger partial charge in [-0.3, -0.25) is 9.48 Å².